The van der Waals surface area contributed by atoms with Crippen LogP contribution < -0.4 is 5.32 Å². The molecule has 0 bridgehead atoms. The Morgan fingerprint density at radius 1 is 1.57 bits per heavy atom. The van der Waals surface area contributed by atoms with Crippen molar-refractivity contribution in [3.05, 3.63) is 18.7 Å². The summed E-state index contributed by atoms with van der Waals surface area (Å²) in [6.45, 7) is 2.15. The Hall–Kier alpha value is -0.480. The number of rotatable bonds is 4. The van der Waals surface area contributed by atoms with Crippen molar-refractivity contribution < 1.29 is 0 Å². The molecule has 0 aliphatic carbocycles. The van der Waals surface area contributed by atoms with Gasteiger partial charge < -0.3 is 9.88 Å². The summed E-state index contributed by atoms with van der Waals surface area (Å²) in [5.41, 5.74) is 0. The highest BCUT2D eigenvalue weighted by Crippen LogP contribution is 2.16. The maximum atomic E-state index is 4.46. The largest absolute Gasteiger partial charge is 0.337 e. The monoisotopic (exact) mass is 211 g/mol. The van der Waals surface area contributed by atoms with Crippen molar-refractivity contribution >= 4 is 12.6 Å². The standard InChI is InChI=1S/C10H17N3S/c14-10-6-9(12-7-10)2-1-4-13-5-3-11-8-13/h3,5,8-10,12,14H,1-2,4,6-7H2/t9-,10+/m0/s1. The zero-order valence-corrected chi connectivity index (χ0v) is 9.16. The quantitative estimate of drug-likeness (QED) is 0.736. The van der Waals surface area contributed by atoms with E-state index in [-0.39, 0.29) is 0 Å². The summed E-state index contributed by atoms with van der Waals surface area (Å²) in [6, 6.07) is 0.682. The molecule has 1 aliphatic rings. The zero-order valence-electron chi connectivity index (χ0n) is 8.26. The average molecular weight is 211 g/mol. The molecule has 1 N–H and O–H groups in total. The van der Waals surface area contributed by atoms with E-state index in [0.29, 0.717) is 11.3 Å². The van der Waals surface area contributed by atoms with E-state index >= 15 is 0 Å². The molecule has 0 saturated carbocycles. The molecule has 1 aromatic heterocycles. The molecule has 0 radical (unpaired) electrons. The summed E-state index contributed by atoms with van der Waals surface area (Å²) >= 11 is 4.46. The molecule has 1 aliphatic heterocycles. The highest BCUT2D eigenvalue weighted by atomic mass is 32.1. The van der Waals surface area contributed by atoms with Gasteiger partial charge in [-0.1, -0.05) is 0 Å². The second-order valence-corrected chi connectivity index (χ2v) is 4.67. The minimum atomic E-state index is 0.563. The second-order valence-electron chi connectivity index (χ2n) is 3.94. The third kappa shape index (κ3) is 2.75. The third-order valence-electron chi connectivity index (χ3n) is 2.73. The Kier molecular flexibility index (Phi) is 3.48. The lowest BCUT2D eigenvalue weighted by Crippen LogP contribution is -2.21. The number of imidazole rings is 1. The minimum Gasteiger partial charge on any atom is -0.337 e. The summed E-state index contributed by atoms with van der Waals surface area (Å²) in [6.07, 6.45) is 9.40. The molecule has 0 unspecified atom stereocenters. The molecule has 0 aromatic carbocycles. The smallest absolute Gasteiger partial charge is 0.0945 e. The fraction of sp³-hybridized carbons (Fsp3) is 0.700. The first-order valence-electron chi connectivity index (χ1n) is 5.22. The number of aromatic nitrogens is 2. The van der Waals surface area contributed by atoms with Crippen LogP contribution in [0.2, 0.25) is 0 Å². The molecule has 0 amide bonds. The van der Waals surface area contributed by atoms with Crippen LogP contribution in [0.15, 0.2) is 18.7 Å². The van der Waals surface area contributed by atoms with Crippen molar-refractivity contribution in [3.8, 4) is 0 Å². The number of nitrogens with zero attached hydrogens (tertiary/aromatic N) is 2. The zero-order chi connectivity index (χ0) is 9.80. The van der Waals surface area contributed by atoms with E-state index < -0.39 is 0 Å². The molecule has 0 spiro atoms. The van der Waals surface area contributed by atoms with Gasteiger partial charge in [0.2, 0.25) is 0 Å². The lowest BCUT2D eigenvalue weighted by molar-refractivity contribution is 0.502. The highest BCUT2D eigenvalue weighted by molar-refractivity contribution is 7.81. The molecule has 78 valence electrons. The molecule has 3 nitrogen and oxygen atoms in total. The first-order chi connectivity index (χ1) is 6.84. The van der Waals surface area contributed by atoms with Gasteiger partial charge in [-0.2, -0.15) is 12.6 Å². The second kappa shape index (κ2) is 4.84. The normalized spacial score (nSPS) is 26.9. The van der Waals surface area contributed by atoms with Crippen molar-refractivity contribution in [1.82, 2.24) is 14.9 Å². The Labute approximate surface area is 90.3 Å². The molecule has 1 saturated heterocycles. The van der Waals surface area contributed by atoms with Crippen LogP contribution >= 0.6 is 12.6 Å². The van der Waals surface area contributed by atoms with Gasteiger partial charge in [0, 0.05) is 36.8 Å². The number of nitrogens with one attached hydrogen (secondary N) is 1. The van der Waals surface area contributed by atoms with Crippen LogP contribution in [0.3, 0.4) is 0 Å². The fourth-order valence-corrected chi connectivity index (χ4v) is 2.32. The van der Waals surface area contributed by atoms with E-state index in [1.807, 2.05) is 18.7 Å². The van der Waals surface area contributed by atoms with Gasteiger partial charge >= 0.3 is 0 Å². The average Bonchev–Trinajstić information content (AvgIpc) is 2.77. The van der Waals surface area contributed by atoms with Crippen molar-refractivity contribution in [2.75, 3.05) is 6.54 Å². The van der Waals surface area contributed by atoms with Crippen LogP contribution in [-0.2, 0) is 6.54 Å². The first kappa shape index (κ1) is 10.1. The maximum absolute atomic E-state index is 4.46. The van der Waals surface area contributed by atoms with Crippen molar-refractivity contribution in [3.63, 3.8) is 0 Å². The van der Waals surface area contributed by atoms with E-state index in [2.05, 4.69) is 27.5 Å². The first-order valence-corrected chi connectivity index (χ1v) is 5.73. The molecule has 4 heteroatoms. The van der Waals surface area contributed by atoms with Gasteiger partial charge in [-0.3, -0.25) is 0 Å². The molecule has 2 heterocycles. The van der Waals surface area contributed by atoms with Crippen LogP contribution in [0.25, 0.3) is 0 Å². The summed E-state index contributed by atoms with van der Waals surface area (Å²) in [4.78, 5) is 4.02. The summed E-state index contributed by atoms with van der Waals surface area (Å²) in [7, 11) is 0. The van der Waals surface area contributed by atoms with Crippen molar-refractivity contribution in [2.24, 2.45) is 0 Å². The van der Waals surface area contributed by atoms with Gasteiger partial charge in [0.25, 0.3) is 0 Å². The molecule has 2 rings (SSSR count). The summed E-state index contributed by atoms with van der Waals surface area (Å²) in [5, 5.41) is 4.05. The lowest BCUT2D eigenvalue weighted by Gasteiger charge is -2.09. The Morgan fingerprint density at radius 3 is 3.14 bits per heavy atom. The van der Waals surface area contributed by atoms with E-state index in [1.54, 1.807) is 0 Å². The van der Waals surface area contributed by atoms with E-state index in [1.165, 1.54) is 19.3 Å². The predicted octanol–water partition coefficient (Wildman–Crippen LogP) is 1.32. The maximum Gasteiger partial charge on any atom is 0.0945 e. The van der Waals surface area contributed by atoms with E-state index in [4.69, 9.17) is 0 Å². The van der Waals surface area contributed by atoms with Crippen molar-refractivity contribution in [1.29, 1.82) is 0 Å². The molecule has 1 fully saturated rings. The van der Waals surface area contributed by atoms with Gasteiger partial charge in [0.05, 0.1) is 6.33 Å². The van der Waals surface area contributed by atoms with Gasteiger partial charge in [-0.15, -0.1) is 0 Å². The minimum absolute atomic E-state index is 0.563. The lowest BCUT2D eigenvalue weighted by atomic mass is 10.1. The molecule has 1 aromatic rings. The fourth-order valence-electron chi connectivity index (χ4n) is 1.96. The number of hydrogen-bond acceptors (Lipinski definition) is 3. The Bertz CT molecular complexity index is 260. The highest BCUT2D eigenvalue weighted by Gasteiger charge is 2.20. The van der Waals surface area contributed by atoms with Crippen LogP contribution in [-0.4, -0.2) is 27.4 Å². The predicted molar refractivity (Wildman–Crippen MR) is 60.6 cm³/mol. The summed E-state index contributed by atoms with van der Waals surface area (Å²) in [5.74, 6) is 0. The summed E-state index contributed by atoms with van der Waals surface area (Å²) < 4.78 is 2.13. The van der Waals surface area contributed by atoms with Crippen molar-refractivity contribution in [2.45, 2.75) is 37.1 Å². The molecule has 14 heavy (non-hydrogen) atoms. The Morgan fingerprint density at radius 2 is 2.50 bits per heavy atom. The molecular formula is C10H17N3S. The van der Waals surface area contributed by atoms with Crippen LogP contribution in [0.5, 0.6) is 0 Å². The number of aryl methyl sites for hydroxylation is 1. The van der Waals surface area contributed by atoms with Gasteiger partial charge in [-0.05, 0) is 19.3 Å². The van der Waals surface area contributed by atoms with E-state index in [9.17, 15) is 0 Å². The van der Waals surface area contributed by atoms with Gasteiger partial charge in [-0.25, -0.2) is 4.98 Å². The molecular weight excluding hydrogens is 194 g/mol. The number of hydrogen-bond donors (Lipinski definition) is 2. The van der Waals surface area contributed by atoms with Crippen LogP contribution in [0.4, 0.5) is 0 Å². The van der Waals surface area contributed by atoms with Crippen LogP contribution in [0.1, 0.15) is 19.3 Å². The SMILES string of the molecule is S[C@H]1CN[C@@H](CCCn2ccnc2)C1. The van der Waals surface area contributed by atoms with Gasteiger partial charge in [0.1, 0.15) is 0 Å². The van der Waals surface area contributed by atoms with Gasteiger partial charge in [0.15, 0.2) is 0 Å². The topological polar surface area (TPSA) is 29.9 Å². The number of thiol groups is 1. The third-order valence-corrected chi connectivity index (χ3v) is 3.12. The van der Waals surface area contributed by atoms with E-state index in [0.717, 1.165) is 13.1 Å². The Balaban J connectivity index is 1.64. The van der Waals surface area contributed by atoms with Crippen LogP contribution in [0, 0.1) is 0 Å². The molecule has 2 atom stereocenters.